The fourth-order valence-corrected chi connectivity index (χ4v) is 5.52. The van der Waals surface area contributed by atoms with E-state index in [1.807, 2.05) is 0 Å². The third kappa shape index (κ3) is 5.02. The highest BCUT2D eigenvalue weighted by atomic mass is 32.2. The second-order valence-electron chi connectivity index (χ2n) is 8.55. The summed E-state index contributed by atoms with van der Waals surface area (Å²) in [6, 6.07) is 6.86. The Morgan fingerprint density at radius 1 is 0.879 bits per heavy atom. The van der Waals surface area contributed by atoms with Gasteiger partial charge in [0.1, 0.15) is 0 Å². The Morgan fingerprint density at radius 3 is 1.94 bits per heavy atom. The van der Waals surface area contributed by atoms with Crippen LogP contribution in [0.3, 0.4) is 0 Å². The van der Waals surface area contributed by atoms with Crippen LogP contribution in [0.5, 0.6) is 0 Å². The zero-order chi connectivity index (χ0) is 24.8. The smallest absolute Gasteiger partial charge is 0.349 e. The van der Waals surface area contributed by atoms with Crippen molar-refractivity contribution in [1.29, 1.82) is 0 Å². The molecule has 0 aromatic heterocycles. The maximum atomic E-state index is 13.1. The van der Waals surface area contributed by atoms with Gasteiger partial charge in [0.2, 0.25) is 0 Å². The molecule has 0 spiro atoms. The van der Waals surface area contributed by atoms with Gasteiger partial charge in [-0.15, -0.1) is 0 Å². The number of carbonyl (C=O) groups excluding carboxylic acids is 1. The molecular weight excluding hydrogens is 472 g/mol. The standard InChI is InChI=1S/C22H21F6NO3S/c1-20(2,33(31,32)18-5-3-4-15(12-18)22(26,27)28)16-10-17(11-16)29-19(30)13-6-8-14(9-7-13)21(23,24)25/h3-9,12,16-17H,10-11H2,1-2H3,(H,29,30)/t16-,17+. The third-order valence-corrected chi connectivity index (χ3v) is 8.69. The van der Waals surface area contributed by atoms with Crippen molar-refractivity contribution in [3.05, 3.63) is 65.2 Å². The average molecular weight is 493 g/mol. The molecule has 0 radical (unpaired) electrons. The fraction of sp³-hybridized carbons (Fsp3) is 0.409. The summed E-state index contributed by atoms with van der Waals surface area (Å²) in [5.74, 6) is -1.03. The van der Waals surface area contributed by atoms with Crippen molar-refractivity contribution in [2.75, 3.05) is 0 Å². The summed E-state index contributed by atoms with van der Waals surface area (Å²) in [6.45, 7) is 2.86. The average Bonchev–Trinajstić information content (AvgIpc) is 2.68. The van der Waals surface area contributed by atoms with Crippen molar-refractivity contribution >= 4 is 15.7 Å². The lowest BCUT2D eigenvalue weighted by atomic mass is 9.73. The first-order valence-electron chi connectivity index (χ1n) is 9.93. The number of hydrogen-bond donors (Lipinski definition) is 1. The van der Waals surface area contributed by atoms with Crippen LogP contribution >= 0.6 is 0 Å². The molecule has 0 heterocycles. The van der Waals surface area contributed by atoms with Gasteiger partial charge in [0.15, 0.2) is 9.84 Å². The Bertz CT molecular complexity index is 1130. The van der Waals surface area contributed by atoms with Gasteiger partial charge in [-0.3, -0.25) is 4.79 Å². The summed E-state index contributed by atoms with van der Waals surface area (Å²) in [7, 11) is -4.12. The fourth-order valence-electron chi connectivity index (χ4n) is 3.75. The number of halogens is 6. The number of rotatable bonds is 5. The molecule has 0 atom stereocenters. The van der Waals surface area contributed by atoms with Crippen molar-refractivity contribution in [2.24, 2.45) is 5.92 Å². The maximum absolute atomic E-state index is 13.1. The minimum Gasteiger partial charge on any atom is -0.349 e. The van der Waals surface area contributed by atoms with E-state index in [0.717, 1.165) is 42.5 Å². The van der Waals surface area contributed by atoms with Crippen molar-refractivity contribution in [3.63, 3.8) is 0 Å². The van der Waals surface area contributed by atoms with Crippen LogP contribution in [0.15, 0.2) is 53.4 Å². The van der Waals surface area contributed by atoms with Crippen LogP contribution in [-0.4, -0.2) is 25.1 Å². The molecule has 1 aliphatic carbocycles. The van der Waals surface area contributed by atoms with E-state index in [2.05, 4.69) is 5.32 Å². The highest BCUT2D eigenvalue weighted by Crippen LogP contribution is 2.44. The molecule has 11 heteroatoms. The Balaban J connectivity index is 1.66. The van der Waals surface area contributed by atoms with E-state index < -0.39 is 60.8 Å². The summed E-state index contributed by atoms with van der Waals surface area (Å²) in [5, 5.41) is 2.65. The first-order chi connectivity index (χ1) is 15.0. The van der Waals surface area contributed by atoms with E-state index in [4.69, 9.17) is 0 Å². The lowest BCUT2D eigenvalue weighted by Gasteiger charge is -2.45. The van der Waals surface area contributed by atoms with Crippen molar-refractivity contribution in [3.8, 4) is 0 Å². The first kappa shape index (κ1) is 25.1. The minimum atomic E-state index is -4.68. The van der Waals surface area contributed by atoms with Gasteiger partial charge in [-0.1, -0.05) is 6.07 Å². The molecule has 1 amide bonds. The van der Waals surface area contributed by atoms with Gasteiger partial charge in [-0.2, -0.15) is 26.3 Å². The van der Waals surface area contributed by atoms with Crippen LogP contribution in [0, 0.1) is 5.92 Å². The molecule has 33 heavy (non-hydrogen) atoms. The number of sulfone groups is 1. The van der Waals surface area contributed by atoms with Crippen LogP contribution in [0.25, 0.3) is 0 Å². The number of alkyl halides is 6. The van der Waals surface area contributed by atoms with Gasteiger partial charge in [0.05, 0.1) is 20.8 Å². The molecule has 1 N–H and O–H groups in total. The number of hydrogen-bond acceptors (Lipinski definition) is 3. The van der Waals surface area contributed by atoms with Gasteiger partial charge < -0.3 is 5.32 Å². The van der Waals surface area contributed by atoms with Crippen molar-refractivity contribution < 1.29 is 39.6 Å². The van der Waals surface area contributed by atoms with Gasteiger partial charge in [-0.25, -0.2) is 8.42 Å². The predicted molar refractivity (Wildman–Crippen MR) is 108 cm³/mol. The van der Waals surface area contributed by atoms with Crippen LogP contribution in [0.2, 0.25) is 0 Å². The minimum absolute atomic E-state index is 0.0299. The van der Waals surface area contributed by atoms with Crippen LogP contribution in [-0.2, 0) is 22.2 Å². The highest BCUT2D eigenvalue weighted by Gasteiger charge is 2.49. The van der Waals surface area contributed by atoms with Crippen LogP contribution < -0.4 is 5.32 Å². The van der Waals surface area contributed by atoms with Crippen molar-refractivity contribution in [2.45, 2.75) is 54.7 Å². The van der Waals surface area contributed by atoms with Gasteiger partial charge in [-0.05, 0) is 75.1 Å². The van der Waals surface area contributed by atoms with E-state index in [0.29, 0.717) is 6.07 Å². The molecule has 2 aromatic carbocycles. The molecule has 0 unspecified atom stereocenters. The van der Waals surface area contributed by atoms with E-state index in [9.17, 15) is 39.6 Å². The SMILES string of the molecule is CC(C)([C@H]1C[C@@H](NC(=O)c2ccc(C(F)(F)F)cc2)C1)S(=O)(=O)c1cccc(C(F)(F)F)c1. The number of nitrogens with one attached hydrogen (secondary N) is 1. The van der Waals surface area contributed by atoms with E-state index in [-0.39, 0.29) is 18.4 Å². The largest absolute Gasteiger partial charge is 0.416 e. The lowest BCUT2D eigenvalue weighted by Crippen LogP contribution is -2.53. The van der Waals surface area contributed by atoms with E-state index in [1.165, 1.54) is 13.8 Å². The maximum Gasteiger partial charge on any atom is 0.416 e. The summed E-state index contributed by atoms with van der Waals surface area (Å²) in [6.07, 6.45) is -8.68. The Labute approximate surface area is 186 Å². The topological polar surface area (TPSA) is 63.2 Å². The predicted octanol–water partition coefficient (Wildman–Crippen LogP) is 5.49. The van der Waals surface area contributed by atoms with E-state index in [1.54, 1.807) is 0 Å². The summed E-state index contributed by atoms with van der Waals surface area (Å²) in [5.41, 5.74) is -1.92. The lowest BCUT2D eigenvalue weighted by molar-refractivity contribution is -0.138. The van der Waals surface area contributed by atoms with Gasteiger partial charge in [0, 0.05) is 11.6 Å². The molecule has 1 saturated carbocycles. The number of amides is 1. The molecule has 4 nitrogen and oxygen atoms in total. The molecule has 0 aliphatic heterocycles. The molecule has 0 bridgehead atoms. The summed E-state index contributed by atoms with van der Waals surface area (Å²) < 4.78 is 102. The Hall–Kier alpha value is -2.56. The van der Waals surface area contributed by atoms with Crippen LogP contribution in [0.4, 0.5) is 26.3 Å². The third-order valence-electron chi connectivity index (χ3n) is 6.10. The van der Waals surface area contributed by atoms with Gasteiger partial charge in [0.25, 0.3) is 5.91 Å². The highest BCUT2D eigenvalue weighted by molar-refractivity contribution is 7.92. The van der Waals surface area contributed by atoms with Gasteiger partial charge >= 0.3 is 12.4 Å². The van der Waals surface area contributed by atoms with Crippen LogP contribution in [0.1, 0.15) is 48.2 Å². The number of carbonyl (C=O) groups is 1. The Morgan fingerprint density at radius 2 is 1.42 bits per heavy atom. The first-order valence-corrected chi connectivity index (χ1v) is 11.4. The summed E-state index contributed by atoms with van der Waals surface area (Å²) in [4.78, 5) is 11.9. The normalized spacial score (nSPS) is 19.6. The quantitative estimate of drug-likeness (QED) is 0.561. The summed E-state index contributed by atoms with van der Waals surface area (Å²) >= 11 is 0. The zero-order valence-corrected chi connectivity index (χ0v) is 18.4. The number of benzene rings is 2. The molecule has 1 fully saturated rings. The molecule has 180 valence electrons. The molecule has 3 rings (SSSR count). The molecule has 0 saturated heterocycles. The van der Waals surface area contributed by atoms with E-state index >= 15 is 0 Å². The monoisotopic (exact) mass is 493 g/mol. The van der Waals surface area contributed by atoms with Crippen molar-refractivity contribution in [1.82, 2.24) is 5.32 Å². The Kier molecular flexibility index (Phi) is 6.33. The molecule has 1 aliphatic rings. The zero-order valence-electron chi connectivity index (χ0n) is 17.6. The molecule has 2 aromatic rings. The second-order valence-corrected chi connectivity index (χ2v) is 11.1. The molecular formula is C22H21F6NO3S. The second kappa shape index (κ2) is 8.34.